The molecule has 12 heavy (non-hydrogen) atoms. The van der Waals surface area contributed by atoms with Crippen molar-refractivity contribution in [2.75, 3.05) is 0 Å². The Morgan fingerprint density at radius 1 is 1.67 bits per heavy atom. The largest absolute Gasteiger partial charge is 0.289 e. The highest BCUT2D eigenvalue weighted by atomic mass is 35.5. The number of carbonyl (C=O) groups excluding carboxylic acids is 1. The van der Waals surface area contributed by atoms with Crippen LogP contribution in [0.15, 0.2) is 24.8 Å². The summed E-state index contributed by atoms with van der Waals surface area (Å²) in [6.45, 7) is 5.18. The first-order chi connectivity index (χ1) is 5.65. The summed E-state index contributed by atoms with van der Waals surface area (Å²) in [5.74, 6) is -0.201. The highest BCUT2D eigenvalue weighted by Crippen LogP contribution is 2.14. The number of nitrogens with zero attached hydrogens (tertiary/aromatic N) is 1. The molecule has 2 nitrogen and oxygen atoms in total. The second-order valence-corrected chi connectivity index (χ2v) is 2.72. The van der Waals surface area contributed by atoms with Crippen LogP contribution in [0.3, 0.4) is 0 Å². The average Bonchev–Trinajstić information content (AvgIpc) is 2.03. The lowest BCUT2D eigenvalue weighted by molar-refractivity contribution is 0.104. The van der Waals surface area contributed by atoms with Crippen LogP contribution in [-0.2, 0) is 0 Å². The normalized spacial score (nSPS) is 9.50. The highest BCUT2D eigenvalue weighted by Gasteiger charge is 2.06. The van der Waals surface area contributed by atoms with Gasteiger partial charge < -0.3 is 0 Å². The van der Waals surface area contributed by atoms with Gasteiger partial charge in [0.15, 0.2) is 5.78 Å². The predicted octanol–water partition coefficient (Wildman–Crippen LogP) is 2.41. The Hall–Kier alpha value is -1.15. The van der Waals surface area contributed by atoms with Crippen molar-refractivity contribution in [3.8, 4) is 0 Å². The summed E-state index contributed by atoms with van der Waals surface area (Å²) in [5, 5.41) is 0.236. The molecule has 0 unspecified atom stereocenters. The zero-order valence-electron chi connectivity index (χ0n) is 6.67. The molecular formula is C9H8ClNO. The second-order valence-electron chi connectivity index (χ2n) is 2.36. The maximum atomic E-state index is 11.1. The maximum Gasteiger partial charge on any atom is 0.188 e. The fourth-order valence-electron chi connectivity index (χ4n) is 0.819. The van der Waals surface area contributed by atoms with Crippen molar-refractivity contribution < 1.29 is 4.79 Å². The Kier molecular flexibility index (Phi) is 2.61. The molecule has 62 valence electrons. The lowest BCUT2D eigenvalue weighted by atomic mass is 10.2. The van der Waals surface area contributed by atoms with Gasteiger partial charge >= 0.3 is 0 Å². The molecule has 0 aliphatic carbocycles. The third-order valence-electron chi connectivity index (χ3n) is 1.44. The molecule has 0 radical (unpaired) electrons. The lowest BCUT2D eigenvalue weighted by Gasteiger charge is -1.98. The molecule has 3 heteroatoms. The zero-order chi connectivity index (χ0) is 9.14. The van der Waals surface area contributed by atoms with Crippen LogP contribution in [0.1, 0.15) is 16.1 Å². The Morgan fingerprint density at radius 3 is 2.83 bits per heavy atom. The molecule has 1 aromatic rings. The number of rotatable bonds is 2. The van der Waals surface area contributed by atoms with Gasteiger partial charge in [-0.15, -0.1) is 0 Å². The molecule has 0 saturated heterocycles. The van der Waals surface area contributed by atoms with Crippen molar-refractivity contribution >= 4 is 17.4 Å². The van der Waals surface area contributed by atoms with E-state index in [4.69, 9.17) is 11.6 Å². The molecule has 0 bridgehead atoms. The summed E-state index contributed by atoms with van der Waals surface area (Å²) < 4.78 is 0. The van der Waals surface area contributed by atoms with Gasteiger partial charge in [0.1, 0.15) is 5.15 Å². The molecule has 0 spiro atoms. The fraction of sp³-hybridized carbons (Fsp3) is 0.111. The van der Waals surface area contributed by atoms with Gasteiger partial charge in [-0.25, -0.2) is 4.98 Å². The van der Waals surface area contributed by atoms with Crippen LogP contribution < -0.4 is 0 Å². The monoisotopic (exact) mass is 181 g/mol. The van der Waals surface area contributed by atoms with Crippen LogP contribution in [0.5, 0.6) is 0 Å². The number of halogens is 1. The first-order valence-electron chi connectivity index (χ1n) is 3.45. The molecule has 1 aromatic heterocycles. The molecule has 0 N–H and O–H groups in total. The van der Waals surface area contributed by atoms with Crippen LogP contribution in [-0.4, -0.2) is 10.8 Å². The van der Waals surface area contributed by atoms with Crippen LogP contribution in [0, 0.1) is 6.92 Å². The van der Waals surface area contributed by atoms with Gasteiger partial charge in [0.2, 0.25) is 0 Å². The van der Waals surface area contributed by atoms with E-state index in [0.717, 1.165) is 5.69 Å². The molecule has 0 amide bonds. The Morgan fingerprint density at radius 2 is 2.33 bits per heavy atom. The van der Waals surface area contributed by atoms with E-state index in [1.165, 1.54) is 6.08 Å². The van der Waals surface area contributed by atoms with Crippen LogP contribution in [0.4, 0.5) is 0 Å². The molecule has 0 aliphatic heterocycles. The number of allylic oxidation sites excluding steroid dienone is 1. The van der Waals surface area contributed by atoms with E-state index in [0.29, 0.717) is 5.56 Å². The van der Waals surface area contributed by atoms with Crippen molar-refractivity contribution in [3.05, 3.63) is 41.2 Å². The molecule has 0 atom stereocenters. The van der Waals surface area contributed by atoms with Crippen molar-refractivity contribution in [3.63, 3.8) is 0 Å². The number of pyridine rings is 1. The minimum atomic E-state index is -0.201. The fourth-order valence-corrected chi connectivity index (χ4v) is 1.11. The van der Waals surface area contributed by atoms with E-state index in [1.807, 2.05) is 6.92 Å². The van der Waals surface area contributed by atoms with Gasteiger partial charge in [0, 0.05) is 5.69 Å². The number of carbonyl (C=O) groups is 1. The molecule has 1 heterocycles. The lowest BCUT2D eigenvalue weighted by Crippen LogP contribution is -1.97. The van der Waals surface area contributed by atoms with Crippen molar-refractivity contribution in [1.29, 1.82) is 0 Å². The molecular weight excluding hydrogens is 174 g/mol. The Balaban J connectivity index is 3.18. The SMILES string of the molecule is C=CC(=O)c1ccc(C)nc1Cl. The molecule has 1 rings (SSSR count). The van der Waals surface area contributed by atoms with E-state index >= 15 is 0 Å². The standard InChI is InChI=1S/C9H8ClNO/c1-3-8(12)7-5-4-6(2)11-9(7)10/h3-5H,1H2,2H3. The summed E-state index contributed by atoms with van der Waals surface area (Å²) in [6, 6.07) is 3.39. The van der Waals surface area contributed by atoms with Crippen LogP contribution in [0.2, 0.25) is 5.15 Å². The molecule has 0 fully saturated rings. The van der Waals surface area contributed by atoms with Gasteiger partial charge in [-0.05, 0) is 25.1 Å². The van der Waals surface area contributed by atoms with Crippen molar-refractivity contribution in [2.45, 2.75) is 6.92 Å². The Bertz CT molecular complexity index is 333. The number of aromatic nitrogens is 1. The maximum absolute atomic E-state index is 11.1. The summed E-state index contributed by atoms with van der Waals surface area (Å²) in [5.41, 5.74) is 1.19. The minimum Gasteiger partial charge on any atom is -0.289 e. The zero-order valence-corrected chi connectivity index (χ0v) is 7.43. The first kappa shape index (κ1) is 8.94. The minimum absolute atomic E-state index is 0.201. The Labute approximate surface area is 75.9 Å². The van der Waals surface area contributed by atoms with Gasteiger partial charge in [0.05, 0.1) is 5.56 Å². The van der Waals surface area contributed by atoms with Crippen molar-refractivity contribution in [2.24, 2.45) is 0 Å². The summed E-state index contributed by atoms with van der Waals surface area (Å²) in [6.07, 6.45) is 1.22. The van der Waals surface area contributed by atoms with E-state index in [2.05, 4.69) is 11.6 Å². The quantitative estimate of drug-likeness (QED) is 0.399. The van der Waals surface area contributed by atoms with E-state index in [9.17, 15) is 4.79 Å². The average molecular weight is 182 g/mol. The van der Waals surface area contributed by atoms with E-state index in [-0.39, 0.29) is 10.9 Å². The van der Waals surface area contributed by atoms with E-state index in [1.54, 1.807) is 12.1 Å². The highest BCUT2D eigenvalue weighted by molar-refractivity contribution is 6.33. The molecule has 0 aromatic carbocycles. The first-order valence-corrected chi connectivity index (χ1v) is 3.83. The third kappa shape index (κ3) is 1.71. The molecule has 0 saturated carbocycles. The molecule has 0 aliphatic rings. The number of hydrogen-bond acceptors (Lipinski definition) is 2. The number of ketones is 1. The van der Waals surface area contributed by atoms with Crippen LogP contribution >= 0.6 is 11.6 Å². The number of aryl methyl sites for hydroxylation is 1. The van der Waals surface area contributed by atoms with Crippen LogP contribution in [0.25, 0.3) is 0 Å². The van der Waals surface area contributed by atoms with Crippen molar-refractivity contribution in [1.82, 2.24) is 4.98 Å². The van der Waals surface area contributed by atoms with E-state index < -0.39 is 0 Å². The van der Waals surface area contributed by atoms with Gasteiger partial charge in [-0.2, -0.15) is 0 Å². The second kappa shape index (κ2) is 3.50. The topological polar surface area (TPSA) is 30.0 Å². The third-order valence-corrected chi connectivity index (χ3v) is 1.73. The number of hydrogen-bond donors (Lipinski definition) is 0. The van der Waals surface area contributed by atoms with Gasteiger partial charge in [-0.3, -0.25) is 4.79 Å². The predicted molar refractivity (Wildman–Crippen MR) is 48.5 cm³/mol. The summed E-state index contributed by atoms with van der Waals surface area (Å²) in [4.78, 5) is 15.0. The smallest absolute Gasteiger partial charge is 0.188 e. The van der Waals surface area contributed by atoms with Gasteiger partial charge in [-0.1, -0.05) is 18.2 Å². The summed E-state index contributed by atoms with van der Waals surface area (Å²) in [7, 11) is 0. The van der Waals surface area contributed by atoms with Gasteiger partial charge in [0.25, 0.3) is 0 Å². The summed E-state index contributed by atoms with van der Waals surface area (Å²) >= 11 is 5.72.